The number of rotatable bonds is 6. The third-order valence-electron chi connectivity index (χ3n) is 3.83. The van der Waals surface area contributed by atoms with Crippen LogP contribution in [-0.2, 0) is 9.59 Å². The summed E-state index contributed by atoms with van der Waals surface area (Å²) in [6.07, 6.45) is 0.517. The topological polar surface area (TPSA) is 64.7 Å². The molecule has 0 saturated carbocycles. The van der Waals surface area contributed by atoms with Crippen LogP contribution >= 0.6 is 36.4 Å². The van der Waals surface area contributed by atoms with Crippen LogP contribution in [0.1, 0.15) is 6.42 Å². The van der Waals surface area contributed by atoms with Gasteiger partial charge in [-0.1, -0.05) is 23.7 Å². The van der Waals surface area contributed by atoms with Gasteiger partial charge in [-0.15, -0.1) is 24.8 Å². The van der Waals surface area contributed by atoms with E-state index in [1.165, 1.54) is 0 Å². The van der Waals surface area contributed by atoms with Crippen LogP contribution in [0.5, 0.6) is 0 Å². The lowest BCUT2D eigenvalue weighted by atomic mass is 10.2. The number of benzene rings is 1. The maximum atomic E-state index is 12.1. The van der Waals surface area contributed by atoms with Gasteiger partial charge in [0.15, 0.2) is 0 Å². The summed E-state index contributed by atoms with van der Waals surface area (Å²) in [5.41, 5.74) is 0.625. The fourth-order valence-corrected chi connectivity index (χ4v) is 2.68. The van der Waals surface area contributed by atoms with Gasteiger partial charge in [-0.25, -0.2) is 0 Å². The highest BCUT2D eigenvalue weighted by molar-refractivity contribution is 6.33. The molecule has 0 bridgehead atoms. The summed E-state index contributed by atoms with van der Waals surface area (Å²) >= 11 is 6.03. The first-order valence-electron chi connectivity index (χ1n) is 7.79. The average Bonchev–Trinajstić information content (AvgIpc) is 2.55. The smallest absolute Gasteiger partial charge is 0.238 e. The van der Waals surface area contributed by atoms with E-state index in [2.05, 4.69) is 10.6 Å². The van der Waals surface area contributed by atoms with E-state index in [1.54, 1.807) is 12.1 Å². The minimum atomic E-state index is -0.0898. The highest BCUT2D eigenvalue weighted by Gasteiger charge is 2.22. The number of hydrogen-bond donors (Lipinski definition) is 2. The molecule has 1 aliphatic rings. The first-order chi connectivity index (χ1) is 11.1. The second-order valence-electron chi connectivity index (χ2n) is 5.54. The zero-order chi connectivity index (χ0) is 16.7. The van der Waals surface area contributed by atoms with Crippen molar-refractivity contribution < 1.29 is 9.59 Å². The molecule has 1 heterocycles. The number of halogens is 3. The van der Waals surface area contributed by atoms with E-state index in [0.717, 1.165) is 0 Å². The van der Waals surface area contributed by atoms with Crippen molar-refractivity contribution in [1.29, 1.82) is 0 Å². The van der Waals surface area contributed by atoms with E-state index >= 15 is 0 Å². The number of piperazine rings is 1. The van der Waals surface area contributed by atoms with Crippen molar-refractivity contribution in [2.45, 2.75) is 6.42 Å². The third kappa shape index (κ3) is 7.79. The Hall–Kier alpha value is -1.05. The highest BCUT2D eigenvalue weighted by atomic mass is 35.5. The van der Waals surface area contributed by atoms with Gasteiger partial charge in [-0.05, 0) is 19.2 Å². The van der Waals surface area contributed by atoms with Crippen LogP contribution in [0.25, 0.3) is 0 Å². The van der Waals surface area contributed by atoms with Crippen LogP contribution in [0.4, 0.5) is 5.69 Å². The molecule has 1 aromatic carbocycles. The predicted molar refractivity (Wildman–Crippen MR) is 106 cm³/mol. The fourth-order valence-electron chi connectivity index (χ4n) is 2.50. The molecule has 0 spiro atoms. The van der Waals surface area contributed by atoms with Crippen LogP contribution in [0.15, 0.2) is 24.3 Å². The van der Waals surface area contributed by atoms with E-state index in [1.807, 2.05) is 29.0 Å². The molecule has 1 fully saturated rings. The number of carbonyl (C=O) groups excluding carboxylic acids is 2. The van der Waals surface area contributed by atoms with E-state index in [9.17, 15) is 9.59 Å². The predicted octanol–water partition coefficient (Wildman–Crippen LogP) is 1.88. The molecule has 1 aliphatic heterocycles. The van der Waals surface area contributed by atoms with E-state index in [4.69, 9.17) is 11.6 Å². The van der Waals surface area contributed by atoms with Gasteiger partial charge in [-0.3, -0.25) is 14.5 Å². The fraction of sp³-hybridized carbons (Fsp3) is 0.500. The standard InChI is InChI=1S/C16H23ClN4O2.2ClH/c1-18-7-6-16(23)21-10-8-20(9-11-21)12-15(22)19-14-5-3-2-4-13(14)17;;/h2-5,18H,6-12H2,1H3,(H,19,22);2*1H. The largest absolute Gasteiger partial charge is 0.340 e. The van der Waals surface area contributed by atoms with Gasteiger partial charge in [0.25, 0.3) is 0 Å². The summed E-state index contributed by atoms with van der Waals surface area (Å²) in [7, 11) is 1.84. The normalized spacial score (nSPS) is 14.2. The lowest BCUT2D eigenvalue weighted by Crippen LogP contribution is -2.50. The Morgan fingerprint density at radius 2 is 1.76 bits per heavy atom. The second-order valence-corrected chi connectivity index (χ2v) is 5.95. The summed E-state index contributed by atoms with van der Waals surface area (Å²) in [6, 6.07) is 7.17. The van der Waals surface area contributed by atoms with E-state index in [0.29, 0.717) is 56.4 Å². The van der Waals surface area contributed by atoms with Crippen molar-refractivity contribution in [3.05, 3.63) is 29.3 Å². The van der Waals surface area contributed by atoms with Gasteiger partial charge in [0.05, 0.1) is 17.3 Å². The maximum Gasteiger partial charge on any atom is 0.238 e. The monoisotopic (exact) mass is 410 g/mol. The van der Waals surface area contributed by atoms with E-state index < -0.39 is 0 Å². The van der Waals surface area contributed by atoms with Crippen LogP contribution < -0.4 is 10.6 Å². The SMILES string of the molecule is CNCCC(=O)N1CCN(CC(=O)Nc2ccccc2Cl)CC1.Cl.Cl. The van der Waals surface area contributed by atoms with Gasteiger partial charge < -0.3 is 15.5 Å². The number of carbonyl (C=O) groups is 2. The number of hydrogen-bond acceptors (Lipinski definition) is 4. The number of anilines is 1. The highest BCUT2D eigenvalue weighted by Crippen LogP contribution is 2.20. The number of nitrogens with zero attached hydrogens (tertiary/aromatic N) is 2. The first kappa shape index (κ1) is 23.9. The van der Waals surface area contributed by atoms with Crippen molar-refractivity contribution in [2.24, 2.45) is 0 Å². The van der Waals surface area contributed by atoms with Crippen LogP contribution in [0.3, 0.4) is 0 Å². The van der Waals surface area contributed by atoms with E-state index in [-0.39, 0.29) is 36.6 Å². The molecule has 25 heavy (non-hydrogen) atoms. The molecule has 1 aromatic rings. The Morgan fingerprint density at radius 1 is 1.12 bits per heavy atom. The third-order valence-corrected chi connectivity index (χ3v) is 4.16. The Morgan fingerprint density at radius 3 is 2.36 bits per heavy atom. The van der Waals surface area contributed by atoms with Crippen LogP contribution in [0.2, 0.25) is 5.02 Å². The molecule has 142 valence electrons. The molecule has 0 aromatic heterocycles. The number of amides is 2. The Labute approximate surface area is 166 Å². The molecule has 2 N–H and O–H groups in total. The zero-order valence-corrected chi connectivity index (χ0v) is 16.6. The molecule has 2 amide bonds. The van der Waals surface area contributed by atoms with Gasteiger partial charge in [-0.2, -0.15) is 0 Å². The molecule has 0 aliphatic carbocycles. The van der Waals surface area contributed by atoms with Gasteiger partial charge in [0, 0.05) is 39.1 Å². The average molecular weight is 412 g/mol. The number of para-hydroxylation sites is 1. The van der Waals surface area contributed by atoms with Crippen molar-refractivity contribution in [3.63, 3.8) is 0 Å². The zero-order valence-electron chi connectivity index (χ0n) is 14.2. The Bertz CT molecular complexity index is 552. The number of nitrogens with one attached hydrogen (secondary N) is 2. The lowest BCUT2D eigenvalue weighted by Gasteiger charge is -2.34. The van der Waals surface area contributed by atoms with Crippen molar-refractivity contribution in [1.82, 2.24) is 15.1 Å². The maximum absolute atomic E-state index is 12.1. The Balaban J connectivity index is 0.00000288. The van der Waals surface area contributed by atoms with Crippen molar-refractivity contribution >= 4 is 53.9 Å². The molecule has 0 unspecified atom stereocenters. The molecular weight excluding hydrogens is 387 g/mol. The molecular formula is C16H25Cl3N4O2. The summed E-state index contributed by atoms with van der Waals surface area (Å²) in [4.78, 5) is 27.9. The molecule has 9 heteroatoms. The van der Waals surface area contributed by atoms with Gasteiger partial charge >= 0.3 is 0 Å². The second kappa shape index (κ2) is 12.3. The summed E-state index contributed by atoms with van der Waals surface area (Å²) in [5, 5.41) is 6.33. The minimum Gasteiger partial charge on any atom is -0.340 e. The molecule has 0 atom stereocenters. The quantitative estimate of drug-likeness (QED) is 0.750. The van der Waals surface area contributed by atoms with Crippen LogP contribution in [-0.4, -0.2) is 67.9 Å². The van der Waals surface area contributed by atoms with Gasteiger partial charge in [0.1, 0.15) is 0 Å². The lowest BCUT2D eigenvalue weighted by molar-refractivity contribution is -0.133. The molecule has 6 nitrogen and oxygen atoms in total. The minimum absolute atomic E-state index is 0. The van der Waals surface area contributed by atoms with Crippen LogP contribution in [0, 0.1) is 0 Å². The Kier molecular flexibility index (Phi) is 11.8. The summed E-state index contributed by atoms with van der Waals surface area (Å²) in [6.45, 7) is 3.76. The summed E-state index contributed by atoms with van der Waals surface area (Å²) in [5.74, 6) is 0.0765. The molecule has 0 radical (unpaired) electrons. The van der Waals surface area contributed by atoms with Crippen molar-refractivity contribution in [2.75, 3.05) is 51.6 Å². The van der Waals surface area contributed by atoms with Crippen molar-refractivity contribution in [3.8, 4) is 0 Å². The first-order valence-corrected chi connectivity index (χ1v) is 8.17. The molecule has 1 saturated heterocycles. The molecule has 2 rings (SSSR count). The van der Waals surface area contributed by atoms with Gasteiger partial charge in [0.2, 0.25) is 11.8 Å². The summed E-state index contributed by atoms with van der Waals surface area (Å²) < 4.78 is 0.